The van der Waals surface area contributed by atoms with E-state index in [0.29, 0.717) is 35.7 Å². The van der Waals surface area contributed by atoms with Crippen molar-refractivity contribution in [2.24, 2.45) is 0 Å². The summed E-state index contributed by atoms with van der Waals surface area (Å²) in [7, 11) is 0. The molecule has 7 heteroatoms. The Bertz CT molecular complexity index is 1110. The highest BCUT2D eigenvalue weighted by Crippen LogP contribution is 2.25. The maximum absolute atomic E-state index is 13.0. The van der Waals surface area contributed by atoms with E-state index in [4.69, 9.17) is 9.47 Å². The quantitative estimate of drug-likeness (QED) is 0.403. The molecule has 0 aliphatic carbocycles. The van der Waals surface area contributed by atoms with Crippen LogP contribution in [0.15, 0.2) is 77.3 Å². The third kappa shape index (κ3) is 6.68. The number of rotatable bonds is 9. The van der Waals surface area contributed by atoms with Crippen molar-refractivity contribution in [1.82, 2.24) is 5.32 Å². The number of ether oxygens (including phenoxy) is 2. The Balaban J connectivity index is 1.35. The average Bonchev–Trinajstić information content (AvgIpc) is 3.38. The molecule has 0 aromatic heterocycles. The zero-order valence-corrected chi connectivity index (χ0v) is 20.3. The first-order valence-electron chi connectivity index (χ1n) is 11.4. The lowest BCUT2D eigenvalue weighted by atomic mass is 10.1. The number of halogens is 1. The number of anilines is 1. The molecule has 4 rings (SSSR count). The second-order valence-electron chi connectivity index (χ2n) is 8.10. The Morgan fingerprint density at radius 2 is 1.79 bits per heavy atom. The molecule has 0 bridgehead atoms. The first-order valence-corrected chi connectivity index (χ1v) is 12.2. The van der Waals surface area contributed by atoms with Crippen molar-refractivity contribution in [1.29, 1.82) is 0 Å². The summed E-state index contributed by atoms with van der Waals surface area (Å²) >= 11 is 3.43. The van der Waals surface area contributed by atoms with Crippen molar-refractivity contribution in [3.05, 3.63) is 94.0 Å². The van der Waals surface area contributed by atoms with Crippen LogP contribution in [0.1, 0.15) is 39.1 Å². The van der Waals surface area contributed by atoms with Crippen LogP contribution in [-0.2, 0) is 11.2 Å². The number of carbonyl (C=O) groups is 2. The van der Waals surface area contributed by atoms with E-state index in [2.05, 4.69) is 26.6 Å². The van der Waals surface area contributed by atoms with Crippen LogP contribution in [0.25, 0.3) is 0 Å². The van der Waals surface area contributed by atoms with Crippen molar-refractivity contribution in [2.45, 2.75) is 25.4 Å². The van der Waals surface area contributed by atoms with Gasteiger partial charge in [0.25, 0.3) is 11.8 Å². The summed E-state index contributed by atoms with van der Waals surface area (Å²) in [6.45, 7) is 1.72. The smallest absolute Gasteiger partial charge is 0.259 e. The molecular weight excluding hydrogens is 496 g/mol. The van der Waals surface area contributed by atoms with Gasteiger partial charge in [0.15, 0.2) is 0 Å². The molecule has 3 aromatic carbocycles. The Hall–Kier alpha value is -3.16. The number of amides is 2. The largest absolute Gasteiger partial charge is 0.492 e. The third-order valence-corrected chi connectivity index (χ3v) is 6.09. The lowest BCUT2D eigenvalue weighted by Crippen LogP contribution is -2.31. The van der Waals surface area contributed by atoms with Crippen LogP contribution in [0.5, 0.6) is 5.75 Å². The second-order valence-corrected chi connectivity index (χ2v) is 9.02. The Morgan fingerprint density at radius 3 is 2.53 bits per heavy atom. The van der Waals surface area contributed by atoms with Crippen molar-refractivity contribution < 1.29 is 19.1 Å². The van der Waals surface area contributed by atoms with Gasteiger partial charge >= 0.3 is 0 Å². The molecule has 0 saturated carbocycles. The third-order valence-electron chi connectivity index (χ3n) is 5.60. The van der Waals surface area contributed by atoms with Crippen LogP contribution in [0.2, 0.25) is 0 Å². The van der Waals surface area contributed by atoms with Gasteiger partial charge in [-0.15, -0.1) is 0 Å². The van der Waals surface area contributed by atoms with E-state index in [1.54, 1.807) is 36.4 Å². The number of hydrogen-bond donors (Lipinski definition) is 2. The second kappa shape index (κ2) is 11.8. The number of carbonyl (C=O) groups excluding carboxylic acids is 2. The highest BCUT2D eigenvalue weighted by atomic mass is 79.9. The highest BCUT2D eigenvalue weighted by molar-refractivity contribution is 9.10. The predicted molar refractivity (Wildman–Crippen MR) is 135 cm³/mol. The number of hydrogen-bond acceptors (Lipinski definition) is 4. The monoisotopic (exact) mass is 522 g/mol. The van der Waals surface area contributed by atoms with E-state index in [1.807, 2.05) is 36.4 Å². The molecule has 1 heterocycles. The van der Waals surface area contributed by atoms with Gasteiger partial charge in [0.2, 0.25) is 0 Å². The lowest BCUT2D eigenvalue weighted by molar-refractivity contribution is 0.0857. The van der Waals surface area contributed by atoms with Crippen LogP contribution < -0.4 is 15.4 Å². The van der Waals surface area contributed by atoms with Gasteiger partial charge in [-0.1, -0.05) is 46.3 Å². The first-order chi connectivity index (χ1) is 16.6. The standard InChI is InChI=1S/C27H27BrN2O4/c28-21-10-13-25(34-16-14-19-5-2-1-3-6-19)24(17-21)27(32)30-22-11-8-20(9-12-22)26(31)29-18-23-7-4-15-33-23/h1-3,5-6,8-13,17,23H,4,7,14-16,18H2,(H,29,31)(H,30,32). The van der Waals surface area contributed by atoms with Crippen molar-refractivity contribution >= 4 is 33.4 Å². The zero-order valence-electron chi connectivity index (χ0n) is 18.8. The SMILES string of the molecule is O=C(NCC1CCCO1)c1ccc(NC(=O)c2cc(Br)ccc2OCCc2ccccc2)cc1. The van der Waals surface area contributed by atoms with Gasteiger partial charge in [-0.2, -0.15) is 0 Å². The topological polar surface area (TPSA) is 76.7 Å². The molecule has 1 atom stereocenters. The van der Waals surface area contributed by atoms with Crippen LogP contribution in [-0.4, -0.2) is 37.7 Å². The summed E-state index contributed by atoms with van der Waals surface area (Å²) in [6.07, 6.45) is 2.84. The van der Waals surface area contributed by atoms with E-state index in [1.165, 1.54) is 5.56 Å². The van der Waals surface area contributed by atoms with E-state index < -0.39 is 0 Å². The van der Waals surface area contributed by atoms with E-state index in [9.17, 15) is 9.59 Å². The van der Waals surface area contributed by atoms with Gasteiger partial charge in [0, 0.05) is 35.3 Å². The van der Waals surface area contributed by atoms with Crippen LogP contribution in [0, 0.1) is 0 Å². The first kappa shape index (κ1) is 24.0. The molecule has 2 N–H and O–H groups in total. The van der Waals surface area contributed by atoms with Crippen LogP contribution in [0.3, 0.4) is 0 Å². The normalized spacial score (nSPS) is 15.0. The lowest BCUT2D eigenvalue weighted by Gasteiger charge is -2.13. The molecule has 1 aliphatic rings. The van der Waals surface area contributed by atoms with Crippen molar-refractivity contribution in [2.75, 3.05) is 25.1 Å². The molecule has 0 spiro atoms. The van der Waals surface area contributed by atoms with Gasteiger partial charge in [-0.3, -0.25) is 9.59 Å². The molecule has 1 saturated heterocycles. The fourth-order valence-electron chi connectivity index (χ4n) is 3.75. The number of benzene rings is 3. The van der Waals surface area contributed by atoms with Crippen LogP contribution >= 0.6 is 15.9 Å². The summed E-state index contributed by atoms with van der Waals surface area (Å²) in [5.74, 6) is 0.0721. The Labute approximate surface area is 207 Å². The van der Waals surface area contributed by atoms with Gasteiger partial charge in [0.1, 0.15) is 5.75 Å². The summed E-state index contributed by atoms with van der Waals surface area (Å²) < 4.78 is 12.2. The Morgan fingerprint density at radius 1 is 1.00 bits per heavy atom. The summed E-state index contributed by atoms with van der Waals surface area (Å²) in [6, 6.07) is 22.2. The van der Waals surface area contributed by atoms with Crippen molar-refractivity contribution in [3.8, 4) is 5.75 Å². The van der Waals surface area contributed by atoms with Crippen LogP contribution in [0.4, 0.5) is 5.69 Å². The molecule has 34 heavy (non-hydrogen) atoms. The van der Waals surface area contributed by atoms with Crippen molar-refractivity contribution in [3.63, 3.8) is 0 Å². The Kier molecular flexibility index (Phi) is 8.33. The average molecular weight is 523 g/mol. The summed E-state index contributed by atoms with van der Waals surface area (Å²) in [5.41, 5.74) is 2.73. The minimum Gasteiger partial charge on any atom is -0.492 e. The molecule has 1 fully saturated rings. The molecule has 1 aliphatic heterocycles. The maximum Gasteiger partial charge on any atom is 0.259 e. The maximum atomic E-state index is 13.0. The van der Waals surface area contributed by atoms with E-state index in [-0.39, 0.29) is 17.9 Å². The van der Waals surface area contributed by atoms with Gasteiger partial charge < -0.3 is 20.1 Å². The van der Waals surface area contributed by atoms with Gasteiger partial charge in [0.05, 0.1) is 18.3 Å². The minimum atomic E-state index is -0.286. The fraction of sp³-hybridized carbons (Fsp3) is 0.259. The molecule has 1 unspecified atom stereocenters. The minimum absolute atomic E-state index is 0.0943. The fourth-order valence-corrected chi connectivity index (χ4v) is 4.11. The highest BCUT2D eigenvalue weighted by Gasteiger charge is 2.17. The molecule has 176 valence electrons. The van der Waals surface area contributed by atoms with Gasteiger partial charge in [-0.25, -0.2) is 0 Å². The van der Waals surface area contributed by atoms with E-state index in [0.717, 1.165) is 30.3 Å². The summed E-state index contributed by atoms with van der Waals surface area (Å²) in [5, 5.41) is 5.78. The van der Waals surface area contributed by atoms with E-state index >= 15 is 0 Å². The molecule has 0 radical (unpaired) electrons. The molecule has 6 nitrogen and oxygen atoms in total. The molecule has 3 aromatic rings. The molecule has 2 amide bonds. The predicted octanol–water partition coefficient (Wildman–Crippen LogP) is 5.23. The molecular formula is C27H27BrN2O4. The summed E-state index contributed by atoms with van der Waals surface area (Å²) in [4.78, 5) is 25.3. The number of nitrogens with one attached hydrogen (secondary N) is 2. The van der Waals surface area contributed by atoms with Gasteiger partial charge in [-0.05, 0) is 60.9 Å². The zero-order chi connectivity index (χ0) is 23.8.